The second kappa shape index (κ2) is 1.42. The van der Waals surface area contributed by atoms with Crippen LogP contribution in [0.5, 0.6) is 0 Å². The maximum Gasteiger partial charge on any atom is 0.134 e. The number of hydrogen-bond donors (Lipinski definition) is 1. The van der Waals surface area contributed by atoms with E-state index < -0.39 is 0 Å². The molecule has 0 fully saturated rings. The van der Waals surface area contributed by atoms with Gasteiger partial charge in [-0.2, -0.15) is 0 Å². The summed E-state index contributed by atoms with van der Waals surface area (Å²) in [5.41, 5.74) is 3.38. The number of rotatable bonds is 0. The van der Waals surface area contributed by atoms with Gasteiger partial charge in [-0.05, 0) is 6.92 Å². The maximum atomic E-state index is 4.62. The normalized spacial score (nSPS) is 19.1. The van der Waals surface area contributed by atoms with E-state index in [1.165, 1.54) is 0 Å². The third-order valence-electron chi connectivity index (χ3n) is 0.815. The molecule has 39 valence electrons. The van der Waals surface area contributed by atoms with Crippen molar-refractivity contribution < 1.29 is 4.84 Å². The van der Waals surface area contributed by atoms with Crippen molar-refractivity contribution >= 4 is 0 Å². The summed E-state index contributed by atoms with van der Waals surface area (Å²) in [5.74, 6) is 0. The first-order valence-electron chi connectivity index (χ1n) is 1.98. The van der Waals surface area contributed by atoms with Crippen molar-refractivity contribution in [2.75, 3.05) is 7.05 Å². The highest BCUT2D eigenvalue weighted by Gasteiger charge is 2.03. The van der Waals surface area contributed by atoms with E-state index in [2.05, 4.69) is 17.4 Å². The van der Waals surface area contributed by atoms with Crippen LogP contribution >= 0.6 is 0 Å². The molecule has 1 radical (unpaired) electrons. The van der Waals surface area contributed by atoms with Gasteiger partial charge in [0.2, 0.25) is 0 Å². The Bertz CT molecular complexity index is 99.9. The fourth-order valence-corrected chi connectivity index (χ4v) is 0.311. The van der Waals surface area contributed by atoms with Crippen LogP contribution < -0.4 is 5.59 Å². The van der Waals surface area contributed by atoms with Crippen LogP contribution in [0.2, 0.25) is 0 Å². The zero-order chi connectivity index (χ0) is 5.28. The van der Waals surface area contributed by atoms with Crippen LogP contribution in [0.4, 0.5) is 0 Å². The molecular weight excluding hydrogens is 92.1 g/mol. The predicted molar refractivity (Wildman–Crippen MR) is 25.4 cm³/mol. The first-order chi connectivity index (χ1) is 3.30. The summed E-state index contributed by atoms with van der Waals surface area (Å²) in [6, 6.07) is 0. The molecule has 0 bridgehead atoms. The van der Waals surface area contributed by atoms with Gasteiger partial charge in [0.15, 0.2) is 0 Å². The van der Waals surface area contributed by atoms with Gasteiger partial charge in [-0.15, -0.1) is 0 Å². The lowest BCUT2D eigenvalue weighted by molar-refractivity contribution is 0.0494. The SMILES string of the molecule is [CH2]C1=CONN1C. The second-order valence-corrected chi connectivity index (χ2v) is 1.38. The topological polar surface area (TPSA) is 24.5 Å². The molecule has 0 aromatic heterocycles. The van der Waals surface area contributed by atoms with Crippen LogP contribution in [0.3, 0.4) is 0 Å². The summed E-state index contributed by atoms with van der Waals surface area (Å²) < 4.78 is 0. The van der Waals surface area contributed by atoms with Crippen molar-refractivity contribution in [3.8, 4) is 0 Å². The highest BCUT2D eigenvalue weighted by Crippen LogP contribution is 2.00. The minimum atomic E-state index is 0.833. The Morgan fingerprint density at radius 2 is 2.71 bits per heavy atom. The third-order valence-corrected chi connectivity index (χ3v) is 0.815. The first kappa shape index (κ1) is 4.46. The number of nitrogens with one attached hydrogen (secondary N) is 1. The van der Waals surface area contributed by atoms with Crippen molar-refractivity contribution in [3.63, 3.8) is 0 Å². The number of allylic oxidation sites excluding steroid dienone is 1. The molecule has 0 atom stereocenters. The summed E-state index contributed by atoms with van der Waals surface area (Å²) in [5, 5.41) is 1.68. The zero-order valence-corrected chi connectivity index (χ0v) is 4.14. The van der Waals surface area contributed by atoms with E-state index in [-0.39, 0.29) is 0 Å². The van der Waals surface area contributed by atoms with Crippen LogP contribution in [-0.2, 0) is 4.84 Å². The summed E-state index contributed by atoms with van der Waals surface area (Å²) in [4.78, 5) is 4.62. The quantitative estimate of drug-likeness (QED) is 0.464. The molecule has 1 aliphatic heterocycles. The van der Waals surface area contributed by atoms with Crippen molar-refractivity contribution in [2.24, 2.45) is 0 Å². The van der Waals surface area contributed by atoms with E-state index in [0.717, 1.165) is 5.70 Å². The van der Waals surface area contributed by atoms with Crippen LogP contribution in [0.1, 0.15) is 0 Å². The molecule has 0 aromatic rings. The molecule has 0 spiro atoms. The van der Waals surface area contributed by atoms with E-state index in [4.69, 9.17) is 0 Å². The van der Waals surface area contributed by atoms with Crippen LogP contribution in [0, 0.1) is 6.92 Å². The van der Waals surface area contributed by atoms with Crippen molar-refractivity contribution in [2.45, 2.75) is 0 Å². The van der Waals surface area contributed by atoms with Gasteiger partial charge in [0.1, 0.15) is 6.26 Å². The molecule has 0 aliphatic carbocycles. The largest absolute Gasteiger partial charge is 0.395 e. The number of nitrogens with zero attached hydrogens (tertiary/aromatic N) is 1. The van der Waals surface area contributed by atoms with Crippen LogP contribution in [0.15, 0.2) is 12.0 Å². The number of hydrazine groups is 1. The van der Waals surface area contributed by atoms with Crippen LogP contribution in [-0.4, -0.2) is 12.1 Å². The number of hydrogen-bond acceptors (Lipinski definition) is 3. The fourth-order valence-electron chi connectivity index (χ4n) is 0.311. The lowest BCUT2D eigenvalue weighted by Crippen LogP contribution is -2.25. The Morgan fingerprint density at radius 1 is 2.00 bits per heavy atom. The Balaban J connectivity index is 2.54. The minimum Gasteiger partial charge on any atom is -0.395 e. The van der Waals surface area contributed by atoms with E-state index in [1.807, 2.05) is 7.05 Å². The molecule has 1 heterocycles. The monoisotopic (exact) mass is 99.1 g/mol. The lowest BCUT2D eigenvalue weighted by atomic mass is 10.6. The summed E-state index contributed by atoms with van der Waals surface area (Å²) >= 11 is 0. The standard InChI is InChI=1S/C4H7N2O/c1-4-3-7-5-6(4)2/h3,5H,1H2,2H3. The van der Waals surface area contributed by atoms with Gasteiger partial charge in [-0.25, -0.2) is 0 Å². The van der Waals surface area contributed by atoms with E-state index in [9.17, 15) is 0 Å². The van der Waals surface area contributed by atoms with Gasteiger partial charge in [0.25, 0.3) is 0 Å². The molecule has 7 heavy (non-hydrogen) atoms. The molecule has 3 nitrogen and oxygen atoms in total. The van der Waals surface area contributed by atoms with Gasteiger partial charge in [0.05, 0.1) is 5.70 Å². The van der Waals surface area contributed by atoms with E-state index in [0.29, 0.717) is 0 Å². The molecule has 0 saturated heterocycles. The Kier molecular flexibility index (Phi) is 0.906. The fraction of sp³-hybridized carbons (Fsp3) is 0.250. The Labute approximate surface area is 42.5 Å². The highest BCUT2D eigenvalue weighted by atomic mass is 16.7. The molecule has 0 saturated carbocycles. The highest BCUT2D eigenvalue weighted by molar-refractivity contribution is 4.99. The van der Waals surface area contributed by atoms with Crippen molar-refractivity contribution in [1.82, 2.24) is 10.6 Å². The summed E-state index contributed by atoms with van der Waals surface area (Å²) in [7, 11) is 1.83. The molecule has 1 aliphatic rings. The molecule has 0 aromatic carbocycles. The van der Waals surface area contributed by atoms with Crippen LogP contribution in [0.25, 0.3) is 0 Å². The van der Waals surface area contributed by atoms with Crippen molar-refractivity contribution in [1.29, 1.82) is 0 Å². The molecule has 3 heteroatoms. The first-order valence-corrected chi connectivity index (χ1v) is 1.98. The van der Waals surface area contributed by atoms with Gasteiger partial charge >= 0.3 is 0 Å². The molecule has 0 amide bonds. The average molecular weight is 99.1 g/mol. The smallest absolute Gasteiger partial charge is 0.134 e. The van der Waals surface area contributed by atoms with Crippen molar-refractivity contribution in [3.05, 3.63) is 18.9 Å². The summed E-state index contributed by atoms with van der Waals surface area (Å²) in [6.45, 7) is 3.62. The molecule has 0 unspecified atom stereocenters. The minimum absolute atomic E-state index is 0.833. The Hall–Kier alpha value is -0.700. The predicted octanol–water partition coefficient (Wildman–Crippen LogP) is 0.0435. The third kappa shape index (κ3) is 0.667. The molecular formula is C4H7N2O. The molecule has 1 N–H and O–H groups in total. The van der Waals surface area contributed by atoms with E-state index in [1.54, 1.807) is 11.3 Å². The second-order valence-electron chi connectivity index (χ2n) is 1.38. The summed E-state index contributed by atoms with van der Waals surface area (Å²) in [6.07, 6.45) is 1.54. The lowest BCUT2D eigenvalue weighted by Gasteiger charge is -2.07. The zero-order valence-electron chi connectivity index (χ0n) is 4.14. The van der Waals surface area contributed by atoms with Gasteiger partial charge in [-0.1, -0.05) is 5.59 Å². The van der Waals surface area contributed by atoms with Gasteiger partial charge in [-0.3, -0.25) is 5.01 Å². The molecule has 1 rings (SSSR count). The Morgan fingerprint density at radius 3 is 2.86 bits per heavy atom. The van der Waals surface area contributed by atoms with E-state index >= 15 is 0 Å². The van der Waals surface area contributed by atoms with Gasteiger partial charge in [0, 0.05) is 7.05 Å². The average Bonchev–Trinajstić information content (AvgIpc) is 1.91. The van der Waals surface area contributed by atoms with Gasteiger partial charge < -0.3 is 4.84 Å². The maximum absolute atomic E-state index is 4.62.